The minimum absolute atomic E-state index is 0.0716. The molecule has 2 unspecified atom stereocenters. The van der Waals surface area contributed by atoms with E-state index in [1.807, 2.05) is 6.92 Å². The summed E-state index contributed by atoms with van der Waals surface area (Å²) in [6.07, 6.45) is 0.294. The highest BCUT2D eigenvalue weighted by Gasteiger charge is 2.13. The lowest BCUT2D eigenvalue weighted by Gasteiger charge is -2.16. The molecule has 1 rings (SSSR count). The maximum absolute atomic E-state index is 11.9. The molecule has 0 aliphatic carbocycles. The number of hydrogen-bond acceptors (Lipinski definition) is 3. The van der Waals surface area contributed by atoms with Crippen LogP contribution in [-0.4, -0.2) is 30.3 Å². The second kappa shape index (κ2) is 7.36. The van der Waals surface area contributed by atoms with Crippen molar-refractivity contribution in [3.05, 3.63) is 28.8 Å². The first kappa shape index (κ1) is 15.8. The highest BCUT2D eigenvalue weighted by molar-refractivity contribution is 6.30. The third-order valence-corrected chi connectivity index (χ3v) is 2.93. The quantitative estimate of drug-likeness (QED) is 0.842. The van der Waals surface area contributed by atoms with E-state index in [1.54, 1.807) is 32.2 Å². The Kier molecular flexibility index (Phi) is 6.12. The number of halogens is 1. The Morgan fingerprint density at radius 2 is 2.16 bits per heavy atom. The molecule has 0 heterocycles. The second-order valence-electron chi connectivity index (χ2n) is 4.69. The Balaban J connectivity index is 2.64. The molecular weight excluding hydrogens is 266 g/mol. The van der Waals surface area contributed by atoms with Crippen molar-refractivity contribution < 1.29 is 14.6 Å². The van der Waals surface area contributed by atoms with Crippen molar-refractivity contribution in [1.29, 1.82) is 0 Å². The molecule has 2 atom stereocenters. The summed E-state index contributed by atoms with van der Waals surface area (Å²) >= 11 is 5.91. The Morgan fingerprint density at radius 1 is 1.47 bits per heavy atom. The van der Waals surface area contributed by atoms with Gasteiger partial charge in [0.15, 0.2) is 0 Å². The average Bonchev–Trinajstić information content (AvgIpc) is 2.27. The van der Waals surface area contributed by atoms with Crippen LogP contribution in [0, 0.1) is 0 Å². The van der Waals surface area contributed by atoms with Crippen molar-refractivity contribution in [3.63, 3.8) is 0 Å². The number of hydrogen-bond donors (Lipinski definition) is 2. The number of aliphatic hydroxyl groups excluding tert-OH is 1. The molecule has 106 valence electrons. The molecule has 4 nitrogen and oxygen atoms in total. The lowest BCUT2D eigenvalue weighted by molar-refractivity contribution is -0.121. The molecule has 19 heavy (non-hydrogen) atoms. The predicted molar refractivity (Wildman–Crippen MR) is 75.6 cm³/mol. The number of carbonyl (C=O) groups is 1. The summed E-state index contributed by atoms with van der Waals surface area (Å²) in [4.78, 5) is 11.9. The molecule has 0 saturated carbocycles. The first-order valence-electron chi connectivity index (χ1n) is 6.22. The van der Waals surface area contributed by atoms with Crippen molar-refractivity contribution in [2.24, 2.45) is 0 Å². The number of methoxy groups -OCH3 is 1. The minimum Gasteiger partial charge on any atom is -0.496 e. The van der Waals surface area contributed by atoms with Gasteiger partial charge in [0.1, 0.15) is 5.75 Å². The summed E-state index contributed by atoms with van der Waals surface area (Å²) in [6, 6.07) is 5.11. The molecule has 0 bridgehead atoms. The topological polar surface area (TPSA) is 58.6 Å². The van der Waals surface area contributed by atoms with Crippen molar-refractivity contribution >= 4 is 17.5 Å². The number of aliphatic hydroxyl groups is 1. The van der Waals surface area contributed by atoms with Crippen LogP contribution in [-0.2, 0) is 11.2 Å². The number of benzene rings is 1. The van der Waals surface area contributed by atoms with E-state index in [-0.39, 0.29) is 18.4 Å². The average molecular weight is 286 g/mol. The van der Waals surface area contributed by atoms with E-state index in [1.165, 1.54) is 0 Å². The molecule has 0 aliphatic rings. The van der Waals surface area contributed by atoms with Crippen molar-refractivity contribution in [2.75, 3.05) is 7.11 Å². The molecule has 2 N–H and O–H groups in total. The molecule has 1 aromatic carbocycles. The third-order valence-electron chi connectivity index (χ3n) is 2.70. The lowest BCUT2D eigenvalue weighted by atomic mass is 10.1. The van der Waals surface area contributed by atoms with Gasteiger partial charge < -0.3 is 15.2 Å². The van der Waals surface area contributed by atoms with E-state index in [0.29, 0.717) is 17.2 Å². The number of ether oxygens (including phenoxy) is 1. The third kappa shape index (κ3) is 5.49. The van der Waals surface area contributed by atoms with Gasteiger partial charge in [0.05, 0.1) is 19.6 Å². The van der Waals surface area contributed by atoms with E-state index in [9.17, 15) is 9.90 Å². The second-order valence-corrected chi connectivity index (χ2v) is 5.12. The Labute approximate surface area is 118 Å². The van der Waals surface area contributed by atoms with E-state index < -0.39 is 6.10 Å². The van der Waals surface area contributed by atoms with Gasteiger partial charge in [-0.2, -0.15) is 0 Å². The molecule has 0 fully saturated rings. The zero-order valence-electron chi connectivity index (χ0n) is 11.4. The summed E-state index contributed by atoms with van der Waals surface area (Å²) in [5.74, 6) is 0.524. The van der Waals surface area contributed by atoms with E-state index >= 15 is 0 Å². The zero-order valence-corrected chi connectivity index (χ0v) is 12.2. The maximum Gasteiger partial charge on any atom is 0.224 e. The van der Waals surface area contributed by atoms with Crippen LogP contribution in [0.4, 0.5) is 0 Å². The summed E-state index contributed by atoms with van der Waals surface area (Å²) in [5.41, 5.74) is 0.747. The molecule has 0 aromatic heterocycles. The molecule has 5 heteroatoms. The molecule has 0 saturated heterocycles. The first-order chi connectivity index (χ1) is 8.92. The monoisotopic (exact) mass is 285 g/mol. The molecule has 1 aromatic rings. The van der Waals surface area contributed by atoms with Gasteiger partial charge in [-0.1, -0.05) is 11.6 Å². The number of nitrogens with one attached hydrogen (secondary N) is 1. The van der Waals surface area contributed by atoms with Gasteiger partial charge in [-0.25, -0.2) is 0 Å². The van der Waals surface area contributed by atoms with Crippen LogP contribution in [0.1, 0.15) is 25.8 Å². The van der Waals surface area contributed by atoms with Gasteiger partial charge in [-0.15, -0.1) is 0 Å². The molecule has 0 spiro atoms. The van der Waals surface area contributed by atoms with E-state index in [4.69, 9.17) is 16.3 Å². The molecule has 1 amide bonds. The van der Waals surface area contributed by atoms with Crippen LogP contribution in [0.5, 0.6) is 5.75 Å². The van der Waals surface area contributed by atoms with Crippen LogP contribution in [0.25, 0.3) is 0 Å². The standard InChI is InChI=1S/C14H20ClNO3/c1-9(6-10(2)17)16-14(18)8-11-7-12(15)4-5-13(11)19-3/h4-5,7,9-10,17H,6,8H2,1-3H3,(H,16,18). The normalized spacial score (nSPS) is 13.7. The van der Waals surface area contributed by atoms with Gasteiger partial charge in [0.25, 0.3) is 0 Å². The fourth-order valence-corrected chi connectivity index (χ4v) is 2.15. The largest absolute Gasteiger partial charge is 0.496 e. The zero-order chi connectivity index (χ0) is 14.4. The summed E-state index contributed by atoms with van der Waals surface area (Å²) < 4.78 is 5.19. The Bertz CT molecular complexity index is 435. The first-order valence-corrected chi connectivity index (χ1v) is 6.60. The van der Waals surface area contributed by atoms with Crippen molar-refractivity contribution in [2.45, 2.75) is 38.8 Å². The lowest BCUT2D eigenvalue weighted by Crippen LogP contribution is -2.35. The van der Waals surface area contributed by atoms with Crippen LogP contribution in [0.2, 0.25) is 5.02 Å². The highest BCUT2D eigenvalue weighted by atomic mass is 35.5. The molecule has 0 radical (unpaired) electrons. The van der Waals surface area contributed by atoms with E-state index in [2.05, 4.69) is 5.32 Å². The SMILES string of the molecule is COc1ccc(Cl)cc1CC(=O)NC(C)CC(C)O. The molecular formula is C14H20ClNO3. The predicted octanol–water partition coefficient (Wildman–Crippen LogP) is 2.17. The smallest absolute Gasteiger partial charge is 0.224 e. The Hall–Kier alpha value is -1.26. The minimum atomic E-state index is -0.434. The van der Waals surface area contributed by atoms with Crippen molar-refractivity contribution in [1.82, 2.24) is 5.32 Å². The van der Waals surface area contributed by atoms with Crippen LogP contribution < -0.4 is 10.1 Å². The van der Waals surface area contributed by atoms with Crippen LogP contribution >= 0.6 is 11.6 Å². The molecule has 0 aliphatic heterocycles. The highest BCUT2D eigenvalue weighted by Crippen LogP contribution is 2.23. The number of carbonyl (C=O) groups excluding carboxylic acids is 1. The van der Waals surface area contributed by atoms with Gasteiger partial charge >= 0.3 is 0 Å². The number of amides is 1. The fraction of sp³-hybridized carbons (Fsp3) is 0.500. The fourth-order valence-electron chi connectivity index (χ4n) is 1.95. The summed E-state index contributed by atoms with van der Waals surface area (Å²) in [5, 5.41) is 12.7. The Morgan fingerprint density at radius 3 is 2.74 bits per heavy atom. The van der Waals surface area contributed by atoms with Gasteiger partial charge in [0.2, 0.25) is 5.91 Å². The van der Waals surface area contributed by atoms with E-state index in [0.717, 1.165) is 5.56 Å². The van der Waals surface area contributed by atoms with Gasteiger partial charge in [-0.3, -0.25) is 4.79 Å². The van der Waals surface area contributed by atoms with Crippen molar-refractivity contribution in [3.8, 4) is 5.75 Å². The van der Waals surface area contributed by atoms with Crippen LogP contribution in [0.15, 0.2) is 18.2 Å². The summed E-state index contributed by atoms with van der Waals surface area (Å²) in [6.45, 7) is 3.56. The van der Waals surface area contributed by atoms with Crippen LogP contribution in [0.3, 0.4) is 0 Å². The number of rotatable bonds is 6. The maximum atomic E-state index is 11.9. The summed E-state index contributed by atoms with van der Waals surface area (Å²) in [7, 11) is 1.56. The van der Waals surface area contributed by atoms with Gasteiger partial charge in [0, 0.05) is 16.6 Å². The van der Waals surface area contributed by atoms with Gasteiger partial charge in [-0.05, 0) is 38.5 Å².